The normalized spacial score (nSPS) is 10.7. The number of hydrogen-bond acceptors (Lipinski definition) is 4. The fraction of sp³-hybridized carbons (Fsp3) is 0.292. The summed E-state index contributed by atoms with van der Waals surface area (Å²) in [7, 11) is 0. The Bertz CT molecular complexity index is 1030. The number of anilines is 1. The number of amides is 2. The highest BCUT2D eigenvalue weighted by Gasteiger charge is 2.12. The maximum atomic E-state index is 12.2. The summed E-state index contributed by atoms with van der Waals surface area (Å²) in [4.78, 5) is 28.6. The van der Waals surface area contributed by atoms with Crippen molar-refractivity contribution in [2.45, 2.75) is 40.5 Å². The Morgan fingerprint density at radius 3 is 2.27 bits per heavy atom. The van der Waals surface area contributed by atoms with Crippen molar-refractivity contribution in [3.05, 3.63) is 70.7 Å². The third-order valence-corrected chi connectivity index (χ3v) is 4.84. The average Bonchev–Trinajstić information content (AvgIpc) is 3.17. The lowest BCUT2D eigenvalue weighted by atomic mass is 10.1. The standard InChI is InChI=1S/C24H27N3O3/c1-15-5-7-19(8-6-15)20-13-26-23(30-20)10-9-21(28)25-14-22(29)27-24-17(3)11-16(2)12-18(24)4/h5-8,11-13H,9-10,14H2,1-4H3,(H,25,28)(H,27,29). The molecule has 3 rings (SSSR count). The minimum atomic E-state index is -0.254. The quantitative estimate of drug-likeness (QED) is 0.615. The summed E-state index contributed by atoms with van der Waals surface area (Å²) < 4.78 is 5.73. The van der Waals surface area contributed by atoms with E-state index in [0.29, 0.717) is 18.1 Å². The lowest BCUT2D eigenvalue weighted by Crippen LogP contribution is -2.33. The van der Waals surface area contributed by atoms with Gasteiger partial charge in [-0.3, -0.25) is 9.59 Å². The van der Waals surface area contributed by atoms with Crippen molar-refractivity contribution in [3.63, 3.8) is 0 Å². The van der Waals surface area contributed by atoms with Crippen LogP contribution >= 0.6 is 0 Å². The molecule has 0 aliphatic rings. The van der Waals surface area contributed by atoms with Gasteiger partial charge in [-0.05, 0) is 38.8 Å². The molecule has 0 spiro atoms. The minimum absolute atomic E-state index is 0.0776. The van der Waals surface area contributed by atoms with Crippen LogP contribution in [0.1, 0.15) is 34.6 Å². The monoisotopic (exact) mass is 405 g/mol. The van der Waals surface area contributed by atoms with E-state index >= 15 is 0 Å². The van der Waals surface area contributed by atoms with E-state index in [4.69, 9.17) is 4.42 Å². The number of aryl methyl sites for hydroxylation is 5. The fourth-order valence-corrected chi connectivity index (χ4v) is 3.33. The molecule has 0 aliphatic carbocycles. The maximum Gasteiger partial charge on any atom is 0.243 e. The van der Waals surface area contributed by atoms with Gasteiger partial charge >= 0.3 is 0 Å². The molecule has 156 valence electrons. The van der Waals surface area contributed by atoms with Crippen LogP contribution in [0, 0.1) is 27.7 Å². The third-order valence-electron chi connectivity index (χ3n) is 4.84. The van der Waals surface area contributed by atoms with Gasteiger partial charge < -0.3 is 15.1 Å². The van der Waals surface area contributed by atoms with Crippen molar-refractivity contribution in [1.29, 1.82) is 0 Å². The SMILES string of the molecule is Cc1ccc(-c2cnc(CCC(=O)NCC(=O)Nc3c(C)cc(C)cc3C)o2)cc1. The first-order valence-corrected chi connectivity index (χ1v) is 9.98. The number of carbonyl (C=O) groups excluding carboxylic acids is 2. The van der Waals surface area contributed by atoms with Crippen LogP contribution in [0.25, 0.3) is 11.3 Å². The van der Waals surface area contributed by atoms with E-state index in [1.807, 2.05) is 64.1 Å². The van der Waals surface area contributed by atoms with Gasteiger partial charge in [0, 0.05) is 24.1 Å². The van der Waals surface area contributed by atoms with Crippen molar-refractivity contribution in [3.8, 4) is 11.3 Å². The highest BCUT2D eigenvalue weighted by atomic mass is 16.4. The van der Waals surface area contributed by atoms with E-state index in [-0.39, 0.29) is 24.8 Å². The molecular weight excluding hydrogens is 378 g/mol. The molecule has 0 bridgehead atoms. The first-order valence-electron chi connectivity index (χ1n) is 9.98. The molecule has 0 atom stereocenters. The fourth-order valence-electron chi connectivity index (χ4n) is 3.33. The zero-order valence-corrected chi connectivity index (χ0v) is 17.8. The zero-order valence-electron chi connectivity index (χ0n) is 17.8. The van der Waals surface area contributed by atoms with Gasteiger partial charge in [-0.1, -0.05) is 47.5 Å². The van der Waals surface area contributed by atoms with Crippen LogP contribution in [0.5, 0.6) is 0 Å². The molecular formula is C24H27N3O3. The summed E-state index contributed by atoms with van der Waals surface area (Å²) in [5.74, 6) is 0.693. The number of oxazole rings is 1. The Morgan fingerprint density at radius 2 is 1.60 bits per heavy atom. The molecule has 6 nitrogen and oxygen atoms in total. The Kier molecular flexibility index (Phi) is 6.67. The van der Waals surface area contributed by atoms with Crippen molar-refractivity contribution in [2.75, 3.05) is 11.9 Å². The topological polar surface area (TPSA) is 84.2 Å². The van der Waals surface area contributed by atoms with Gasteiger partial charge in [-0.25, -0.2) is 4.98 Å². The number of aromatic nitrogens is 1. The number of nitrogens with zero attached hydrogens (tertiary/aromatic N) is 1. The minimum Gasteiger partial charge on any atom is -0.441 e. The van der Waals surface area contributed by atoms with E-state index in [9.17, 15) is 9.59 Å². The molecule has 0 radical (unpaired) electrons. The largest absolute Gasteiger partial charge is 0.441 e. The van der Waals surface area contributed by atoms with E-state index in [0.717, 1.165) is 27.9 Å². The molecule has 30 heavy (non-hydrogen) atoms. The number of nitrogens with one attached hydrogen (secondary N) is 2. The lowest BCUT2D eigenvalue weighted by Gasteiger charge is -2.13. The van der Waals surface area contributed by atoms with Crippen molar-refractivity contribution in [1.82, 2.24) is 10.3 Å². The van der Waals surface area contributed by atoms with Gasteiger partial charge in [0.1, 0.15) is 0 Å². The average molecular weight is 405 g/mol. The second-order valence-electron chi connectivity index (χ2n) is 7.58. The third kappa shape index (κ3) is 5.56. The van der Waals surface area contributed by atoms with Crippen LogP contribution in [-0.2, 0) is 16.0 Å². The molecule has 2 aromatic carbocycles. The van der Waals surface area contributed by atoms with Crippen molar-refractivity contribution >= 4 is 17.5 Å². The Labute approximate surface area is 176 Å². The van der Waals surface area contributed by atoms with Crippen molar-refractivity contribution < 1.29 is 14.0 Å². The van der Waals surface area contributed by atoms with Gasteiger partial charge in [0.25, 0.3) is 0 Å². The first kappa shape index (κ1) is 21.3. The highest BCUT2D eigenvalue weighted by molar-refractivity contribution is 5.95. The number of benzene rings is 2. The van der Waals surface area contributed by atoms with E-state index in [1.165, 1.54) is 5.56 Å². The summed E-state index contributed by atoms with van der Waals surface area (Å²) in [5.41, 5.74) is 6.06. The number of hydrogen-bond donors (Lipinski definition) is 2. The number of rotatable bonds is 7. The summed E-state index contributed by atoms with van der Waals surface area (Å²) in [6.07, 6.45) is 2.23. The summed E-state index contributed by atoms with van der Waals surface area (Å²) >= 11 is 0. The molecule has 0 aliphatic heterocycles. The van der Waals surface area contributed by atoms with Gasteiger partial charge in [0.15, 0.2) is 11.7 Å². The second kappa shape index (κ2) is 9.39. The van der Waals surface area contributed by atoms with Crippen LogP contribution in [-0.4, -0.2) is 23.3 Å². The second-order valence-corrected chi connectivity index (χ2v) is 7.58. The smallest absolute Gasteiger partial charge is 0.243 e. The molecule has 1 aromatic heterocycles. The summed E-state index contributed by atoms with van der Waals surface area (Å²) in [6.45, 7) is 7.87. The van der Waals surface area contributed by atoms with Crippen LogP contribution in [0.3, 0.4) is 0 Å². The predicted octanol–water partition coefficient (Wildman–Crippen LogP) is 4.26. The zero-order chi connectivity index (χ0) is 21.7. The summed E-state index contributed by atoms with van der Waals surface area (Å²) in [6, 6.07) is 12.0. The maximum absolute atomic E-state index is 12.2. The van der Waals surface area contributed by atoms with E-state index < -0.39 is 0 Å². The molecule has 1 heterocycles. The van der Waals surface area contributed by atoms with Crippen molar-refractivity contribution in [2.24, 2.45) is 0 Å². The van der Waals surface area contributed by atoms with Crippen LogP contribution in [0.15, 0.2) is 47.0 Å². The molecule has 0 saturated heterocycles. The van der Waals surface area contributed by atoms with Crippen LogP contribution in [0.2, 0.25) is 0 Å². The van der Waals surface area contributed by atoms with E-state index in [2.05, 4.69) is 15.6 Å². The van der Waals surface area contributed by atoms with Crippen LogP contribution in [0.4, 0.5) is 5.69 Å². The molecule has 2 N–H and O–H groups in total. The predicted molar refractivity (Wildman–Crippen MR) is 117 cm³/mol. The van der Waals surface area contributed by atoms with Gasteiger partial charge in [0.05, 0.1) is 12.7 Å². The molecule has 0 unspecified atom stereocenters. The Hall–Kier alpha value is -3.41. The molecule has 0 saturated carbocycles. The van der Waals surface area contributed by atoms with E-state index in [1.54, 1.807) is 6.20 Å². The number of carbonyl (C=O) groups is 2. The van der Waals surface area contributed by atoms with Gasteiger partial charge in [0.2, 0.25) is 11.8 Å². The Balaban J connectivity index is 1.46. The molecule has 0 fully saturated rings. The summed E-state index contributed by atoms with van der Waals surface area (Å²) in [5, 5.41) is 5.52. The first-order chi connectivity index (χ1) is 14.3. The van der Waals surface area contributed by atoms with Crippen LogP contribution < -0.4 is 10.6 Å². The lowest BCUT2D eigenvalue weighted by molar-refractivity contribution is -0.124. The highest BCUT2D eigenvalue weighted by Crippen LogP contribution is 2.22. The molecule has 2 amide bonds. The molecule has 6 heteroatoms. The van der Waals surface area contributed by atoms with Gasteiger partial charge in [-0.15, -0.1) is 0 Å². The van der Waals surface area contributed by atoms with Gasteiger partial charge in [-0.2, -0.15) is 0 Å². The molecule has 3 aromatic rings. The Morgan fingerprint density at radius 1 is 0.933 bits per heavy atom.